The van der Waals surface area contributed by atoms with Crippen LogP contribution in [0, 0.1) is 12.7 Å². The molecule has 2 rings (SSSR count). The standard InChI is InChI=1S/C17H19ClFNO/c1-11(2)20-10-13-4-7-17(12(3)8-13)21-14-5-6-15(18)16(19)9-14/h4-9,11,20H,10H2,1-3H3. The summed E-state index contributed by atoms with van der Waals surface area (Å²) in [6, 6.07) is 10.8. The fraction of sp³-hybridized carbons (Fsp3) is 0.294. The second-order valence-corrected chi connectivity index (χ2v) is 5.72. The quantitative estimate of drug-likeness (QED) is 0.832. The lowest BCUT2D eigenvalue weighted by Gasteiger charge is -2.12. The van der Waals surface area contributed by atoms with Gasteiger partial charge in [-0.2, -0.15) is 0 Å². The molecule has 0 aromatic heterocycles. The second-order valence-electron chi connectivity index (χ2n) is 5.31. The molecule has 21 heavy (non-hydrogen) atoms. The molecule has 0 spiro atoms. The van der Waals surface area contributed by atoms with Crippen molar-refractivity contribution in [3.05, 3.63) is 58.4 Å². The van der Waals surface area contributed by atoms with E-state index in [0.29, 0.717) is 17.5 Å². The molecule has 0 atom stereocenters. The van der Waals surface area contributed by atoms with Crippen LogP contribution < -0.4 is 10.1 Å². The maximum absolute atomic E-state index is 13.4. The van der Waals surface area contributed by atoms with Gasteiger partial charge in [-0.25, -0.2) is 4.39 Å². The number of ether oxygens (including phenoxy) is 1. The van der Waals surface area contributed by atoms with E-state index in [4.69, 9.17) is 16.3 Å². The van der Waals surface area contributed by atoms with E-state index < -0.39 is 5.82 Å². The van der Waals surface area contributed by atoms with E-state index in [1.54, 1.807) is 6.07 Å². The lowest BCUT2D eigenvalue weighted by molar-refractivity contribution is 0.472. The van der Waals surface area contributed by atoms with E-state index in [-0.39, 0.29) is 5.02 Å². The van der Waals surface area contributed by atoms with Crippen LogP contribution in [0.4, 0.5) is 4.39 Å². The number of nitrogens with one attached hydrogen (secondary N) is 1. The first-order valence-corrected chi connectivity index (χ1v) is 7.29. The fourth-order valence-corrected chi connectivity index (χ4v) is 2.04. The van der Waals surface area contributed by atoms with Gasteiger partial charge in [0.1, 0.15) is 17.3 Å². The molecule has 0 saturated carbocycles. The minimum absolute atomic E-state index is 0.0918. The maximum Gasteiger partial charge on any atom is 0.145 e. The highest BCUT2D eigenvalue weighted by atomic mass is 35.5. The largest absolute Gasteiger partial charge is 0.457 e. The van der Waals surface area contributed by atoms with Crippen LogP contribution >= 0.6 is 11.6 Å². The summed E-state index contributed by atoms with van der Waals surface area (Å²) in [7, 11) is 0. The lowest BCUT2D eigenvalue weighted by Crippen LogP contribution is -2.21. The molecule has 0 unspecified atom stereocenters. The average Bonchev–Trinajstić information content (AvgIpc) is 2.43. The third-order valence-corrected chi connectivity index (χ3v) is 3.38. The molecular weight excluding hydrogens is 289 g/mol. The van der Waals surface area contributed by atoms with Crippen molar-refractivity contribution in [2.45, 2.75) is 33.4 Å². The van der Waals surface area contributed by atoms with Gasteiger partial charge in [0.15, 0.2) is 0 Å². The summed E-state index contributed by atoms with van der Waals surface area (Å²) < 4.78 is 19.1. The number of benzene rings is 2. The number of rotatable bonds is 5. The Morgan fingerprint density at radius 1 is 1.19 bits per heavy atom. The zero-order chi connectivity index (χ0) is 15.4. The Labute approximate surface area is 129 Å². The van der Waals surface area contributed by atoms with Gasteiger partial charge < -0.3 is 10.1 Å². The number of halogens is 2. The Hall–Kier alpha value is -1.58. The molecule has 0 aliphatic rings. The zero-order valence-corrected chi connectivity index (χ0v) is 13.2. The van der Waals surface area contributed by atoms with Crippen LogP contribution in [0.3, 0.4) is 0 Å². The molecule has 0 fully saturated rings. The molecule has 2 aromatic rings. The third kappa shape index (κ3) is 4.45. The Morgan fingerprint density at radius 3 is 2.57 bits per heavy atom. The van der Waals surface area contributed by atoms with E-state index in [9.17, 15) is 4.39 Å². The third-order valence-electron chi connectivity index (χ3n) is 3.07. The summed E-state index contributed by atoms with van der Waals surface area (Å²) in [5.74, 6) is 0.669. The Kier molecular flexibility index (Phi) is 5.21. The molecule has 2 aromatic carbocycles. The first-order chi connectivity index (χ1) is 9.95. The molecule has 1 N–H and O–H groups in total. The molecular formula is C17H19ClFNO. The average molecular weight is 308 g/mol. The van der Waals surface area contributed by atoms with Crippen LogP contribution in [0.5, 0.6) is 11.5 Å². The zero-order valence-electron chi connectivity index (χ0n) is 12.4. The molecule has 0 amide bonds. The van der Waals surface area contributed by atoms with Crippen molar-refractivity contribution >= 4 is 11.6 Å². The smallest absolute Gasteiger partial charge is 0.145 e. The van der Waals surface area contributed by atoms with E-state index in [2.05, 4.69) is 25.2 Å². The van der Waals surface area contributed by atoms with Gasteiger partial charge in [0, 0.05) is 18.7 Å². The van der Waals surface area contributed by atoms with Crippen LogP contribution in [-0.2, 0) is 6.54 Å². The van der Waals surface area contributed by atoms with Gasteiger partial charge in [0.25, 0.3) is 0 Å². The lowest BCUT2D eigenvalue weighted by atomic mass is 10.1. The Morgan fingerprint density at radius 2 is 1.95 bits per heavy atom. The van der Waals surface area contributed by atoms with Gasteiger partial charge in [0.2, 0.25) is 0 Å². The van der Waals surface area contributed by atoms with Gasteiger partial charge >= 0.3 is 0 Å². The Bertz CT molecular complexity index is 628. The highest BCUT2D eigenvalue weighted by molar-refractivity contribution is 6.30. The van der Waals surface area contributed by atoms with E-state index in [1.165, 1.54) is 17.7 Å². The van der Waals surface area contributed by atoms with Crippen molar-refractivity contribution in [3.8, 4) is 11.5 Å². The van der Waals surface area contributed by atoms with Crippen molar-refractivity contribution in [2.75, 3.05) is 0 Å². The molecule has 2 nitrogen and oxygen atoms in total. The van der Waals surface area contributed by atoms with Gasteiger partial charge in [0.05, 0.1) is 5.02 Å². The summed E-state index contributed by atoms with van der Waals surface area (Å²) >= 11 is 5.66. The molecule has 0 aliphatic heterocycles. The van der Waals surface area contributed by atoms with Crippen LogP contribution in [0.1, 0.15) is 25.0 Å². The van der Waals surface area contributed by atoms with E-state index in [1.807, 2.05) is 19.1 Å². The van der Waals surface area contributed by atoms with Gasteiger partial charge in [-0.05, 0) is 36.2 Å². The predicted octanol–water partition coefficient (Wildman–Crippen LogP) is 5.08. The maximum atomic E-state index is 13.4. The minimum Gasteiger partial charge on any atom is -0.457 e. The number of aryl methyl sites for hydroxylation is 1. The van der Waals surface area contributed by atoms with Crippen molar-refractivity contribution < 1.29 is 9.13 Å². The summed E-state index contributed by atoms with van der Waals surface area (Å²) in [5, 5.41) is 3.46. The van der Waals surface area contributed by atoms with Crippen molar-refractivity contribution in [3.63, 3.8) is 0 Å². The van der Waals surface area contributed by atoms with Crippen LogP contribution in [0.15, 0.2) is 36.4 Å². The van der Waals surface area contributed by atoms with Gasteiger partial charge in [-0.1, -0.05) is 37.6 Å². The molecule has 0 aliphatic carbocycles. The molecule has 112 valence electrons. The Balaban J connectivity index is 2.11. The highest BCUT2D eigenvalue weighted by Gasteiger charge is 2.06. The van der Waals surface area contributed by atoms with Gasteiger partial charge in [-0.15, -0.1) is 0 Å². The van der Waals surface area contributed by atoms with Crippen LogP contribution in [0.2, 0.25) is 5.02 Å². The van der Waals surface area contributed by atoms with Crippen LogP contribution in [0.25, 0.3) is 0 Å². The number of hydrogen-bond donors (Lipinski definition) is 1. The topological polar surface area (TPSA) is 21.3 Å². The SMILES string of the molecule is Cc1cc(CNC(C)C)ccc1Oc1ccc(Cl)c(F)c1. The normalized spacial score (nSPS) is 11.0. The number of hydrogen-bond acceptors (Lipinski definition) is 2. The molecule has 0 radical (unpaired) electrons. The summed E-state index contributed by atoms with van der Waals surface area (Å²) in [6.45, 7) is 7.01. The summed E-state index contributed by atoms with van der Waals surface area (Å²) in [6.07, 6.45) is 0. The predicted molar refractivity (Wildman–Crippen MR) is 84.6 cm³/mol. The molecule has 0 saturated heterocycles. The second kappa shape index (κ2) is 6.92. The van der Waals surface area contributed by atoms with Crippen molar-refractivity contribution in [1.82, 2.24) is 5.32 Å². The first-order valence-electron chi connectivity index (χ1n) is 6.91. The monoisotopic (exact) mass is 307 g/mol. The van der Waals surface area contributed by atoms with Crippen LogP contribution in [-0.4, -0.2) is 6.04 Å². The van der Waals surface area contributed by atoms with E-state index in [0.717, 1.165) is 12.1 Å². The van der Waals surface area contributed by atoms with Crippen molar-refractivity contribution in [1.29, 1.82) is 0 Å². The summed E-state index contributed by atoms with van der Waals surface area (Å²) in [5.41, 5.74) is 2.20. The summed E-state index contributed by atoms with van der Waals surface area (Å²) in [4.78, 5) is 0. The minimum atomic E-state index is -0.482. The first kappa shape index (κ1) is 15.8. The van der Waals surface area contributed by atoms with E-state index >= 15 is 0 Å². The molecule has 0 bridgehead atoms. The molecule has 0 heterocycles. The molecule has 4 heteroatoms. The van der Waals surface area contributed by atoms with Gasteiger partial charge in [-0.3, -0.25) is 0 Å². The van der Waals surface area contributed by atoms with Crippen molar-refractivity contribution in [2.24, 2.45) is 0 Å². The fourth-order valence-electron chi connectivity index (χ4n) is 1.93. The highest BCUT2D eigenvalue weighted by Crippen LogP contribution is 2.28.